The van der Waals surface area contributed by atoms with E-state index in [1.807, 2.05) is 36.4 Å². The number of amides is 1. The first kappa shape index (κ1) is 25.1. The molecular weight excluding hydrogens is 476 g/mol. The highest BCUT2D eigenvalue weighted by molar-refractivity contribution is 7.80. The Morgan fingerprint density at radius 2 is 1.65 bits per heavy atom. The van der Waals surface area contributed by atoms with Crippen LogP contribution in [-0.4, -0.2) is 42.8 Å². The molecule has 1 heterocycles. The highest BCUT2D eigenvalue weighted by Crippen LogP contribution is 2.34. The summed E-state index contributed by atoms with van der Waals surface area (Å²) in [6.07, 6.45) is 0. The minimum Gasteiger partial charge on any atom is -0.484 e. The second-order valence-corrected chi connectivity index (χ2v) is 8.43. The van der Waals surface area contributed by atoms with Gasteiger partial charge in [-0.15, -0.1) is 11.3 Å². The molecule has 1 amide bonds. The van der Waals surface area contributed by atoms with Gasteiger partial charge >= 0.3 is 11.9 Å². The number of hydrogen-bond acceptors (Lipinski definition) is 8. The van der Waals surface area contributed by atoms with Crippen LogP contribution in [-0.2, 0) is 14.3 Å². The summed E-state index contributed by atoms with van der Waals surface area (Å²) in [5, 5.41) is 7.62. The third kappa shape index (κ3) is 6.09. The number of benzene rings is 2. The molecule has 0 aliphatic rings. The number of thiophene rings is 1. The van der Waals surface area contributed by atoms with E-state index in [1.54, 1.807) is 26.8 Å². The van der Waals surface area contributed by atoms with E-state index in [4.69, 9.17) is 26.4 Å². The van der Waals surface area contributed by atoms with Gasteiger partial charge in [-0.05, 0) is 61.5 Å². The van der Waals surface area contributed by atoms with Gasteiger partial charge in [0.15, 0.2) is 11.7 Å². The summed E-state index contributed by atoms with van der Waals surface area (Å²) in [6.45, 7) is 5.09. The number of rotatable bonds is 8. The SMILES string of the molecule is CCOC(=O)c1sc(NC(=S)NC(=O)COc2ccc3ccccc3c2)c(C(=O)OCC)c1C. The molecule has 3 rings (SSSR count). The number of thiocarbonyl (C=S) groups is 1. The van der Waals surface area contributed by atoms with Crippen LogP contribution in [0.25, 0.3) is 10.8 Å². The average Bonchev–Trinajstić information content (AvgIpc) is 3.13. The molecule has 178 valence electrons. The first-order chi connectivity index (χ1) is 16.3. The van der Waals surface area contributed by atoms with E-state index < -0.39 is 17.8 Å². The molecular formula is C24H24N2O6S2. The quantitative estimate of drug-likeness (QED) is 0.345. The molecule has 34 heavy (non-hydrogen) atoms. The van der Waals surface area contributed by atoms with Crippen LogP contribution in [0.2, 0.25) is 0 Å². The molecule has 0 aliphatic heterocycles. The second kappa shape index (κ2) is 11.6. The Morgan fingerprint density at radius 1 is 0.971 bits per heavy atom. The van der Waals surface area contributed by atoms with Crippen molar-refractivity contribution in [3.63, 3.8) is 0 Å². The van der Waals surface area contributed by atoms with Crippen LogP contribution in [0.3, 0.4) is 0 Å². The van der Waals surface area contributed by atoms with E-state index in [0.29, 0.717) is 11.3 Å². The summed E-state index contributed by atoms with van der Waals surface area (Å²) in [5.74, 6) is -1.10. The maximum atomic E-state index is 12.5. The van der Waals surface area contributed by atoms with Gasteiger partial charge in [0, 0.05) is 0 Å². The van der Waals surface area contributed by atoms with Crippen molar-refractivity contribution in [2.24, 2.45) is 0 Å². The first-order valence-corrected chi connectivity index (χ1v) is 11.8. The summed E-state index contributed by atoms with van der Waals surface area (Å²) in [4.78, 5) is 37.3. The Bertz CT molecular complexity index is 1240. The number of fused-ring (bicyclic) bond motifs is 1. The lowest BCUT2D eigenvalue weighted by Crippen LogP contribution is -2.37. The molecule has 10 heteroatoms. The van der Waals surface area contributed by atoms with Gasteiger partial charge in [0.2, 0.25) is 0 Å². The van der Waals surface area contributed by atoms with Crippen LogP contribution in [0.4, 0.5) is 5.00 Å². The van der Waals surface area contributed by atoms with Crippen LogP contribution in [0, 0.1) is 6.92 Å². The van der Waals surface area contributed by atoms with Gasteiger partial charge in [0.1, 0.15) is 15.6 Å². The van der Waals surface area contributed by atoms with Crippen LogP contribution in [0.15, 0.2) is 42.5 Å². The third-order valence-corrected chi connectivity index (χ3v) is 6.05. The van der Waals surface area contributed by atoms with Crippen LogP contribution < -0.4 is 15.4 Å². The smallest absolute Gasteiger partial charge is 0.348 e. The Morgan fingerprint density at radius 3 is 2.35 bits per heavy atom. The summed E-state index contributed by atoms with van der Waals surface area (Å²) in [6, 6.07) is 13.3. The van der Waals surface area contributed by atoms with Crippen LogP contribution >= 0.6 is 23.6 Å². The number of hydrogen-bond donors (Lipinski definition) is 2. The molecule has 0 aliphatic carbocycles. The molecule has 0 atom stereocenters. The lowest BCUT2D eigenvalue weighted by Gasteiger charge is -2.11. The van der Waals surface area contributed by atoms with Gasteiger partial charge in [0.05, 0.1) is 18.8 Å². The number of anilines is 1. The Kier molecular flexibility index (Phi) is 8.55. The molecule has 3 aromatic rings. The van der Waals surface area contributed by atoms with E-state index in [-0.39, 0.29) is 40.4 Å². The van der Waals surface area contributed by atoms with Crippen LogP contribution in [0.5, 0.6) is 5.75 Å². The predicted octanol–water partition coefficient (Wildman–Crippen LogP) is 4.46. The molecule has 0 saturated heterocycles. The maximum absolute atomic E-state index is 12.5. The summed E-state index contributed by atoms with van der Waals surface area (Å²) < 4.78 is 15.7. The van der Waals surface area contributed by atoms with Crippen LogP contribution in [0.1, 0.15) is 39.4 Å². The second-order valence-electron chi connectivity index (χ2n) is 7.00. The number of carbonyl (C=O) groups is 3. The molecule has 8 nitrogen and oxygen atoms in total. The van der Waals surface area contributed by atoms with Gasteiger partial charge in [-0.3, -0.25) is 10.1 Å². The molecule has 2 N–H and O–H groups in total. The monoisotopic (exact) mass is 500 g/mol. The Hall–Kier alpha value is -3.50. The summed E-state index contributed by atoms with van der Waals surface area (Å²) >= 11 is 6.22. The van der Waals surface area contributed by atoms with Gasteiger partial charge in [-0.1, -0.05) is 30.3 Å². The minimum atomic E-state index is -0.608. The van der Waals surface area contributed by atoms with Gasteiger partial charge in [-0.25, -0.2) is 9.59 Å². The van der Waals surface area contributed by atoms with E-state index in [2.05, 4.69) is 10.6 Å². The molecule has 0 saturated carbocycles. The lowest BCUT2D eigenvalue weighted by molar-refractivity contribution is -0.121. The van der Waals surface area contributed by atoms with Crippen molar-refractivity contribution in [3.8, 4) is 5.75 Å². The molecule has 2 aromatic carbocycles. The van der Waals surface area contributed by atoms with E-state index in [9.17, 15) is 14.4 Å². The van der Waals surface area contributed by atoms with Crippen molar-refractivity contribution >= 4 is 62.3 Å². The van der Waals surface area contributed by atoms with Gasteiger partial charge in [-0.2, -0.15) is 0 Å². The standard InChI is InChI=1S/C24H24N2O6S2/c1-4-30-22(28)19-14(3)20(23(29)31-5-2)34-21(19)26-24(33)25-18(27)13-32-17-11-10-15-8-6-7-9-16(15)12-17/h6-12H,4-5,13H2,1-3H3,(H2,25,26,27,33). The molecule has 0 spiro atoms. The Balaban J connectivity index is 1.66. The fourth-order valence-electron chi connectivity index (χ4n) is 3.15. The van der Waals surface area contributed by atoms with Crippen molar-refractivity contribution in [1.29, 1.82) is 0 Å². The van der Waals surface area contributed by atoms with E-state index in [0.717, 1.165) is 22.1 Å². The molecule has 1 aromatic heterocycles. The zero-order valence-corrected chi connectivity index (χ0v) is 20.6. The summed E-state index contributed by atoms with van der Waals surface area (Å²) in [5.41, 5.74) is 0.581. The number of ether oxygens (including phenoxy) is 3. The molecule has 0 bridgehead atoms. The fourth-order valence-corrected chi connectivity index (χ4v) is 4.52. The number of esters is 2. The highest BCUT2D eigenvalue weighted by Gasteiger charge is 2.27. The third-order valence-electron chi connectivity index (χ3n) is 4.66. The van der Waals surface area contributed by atoms with Crippen molar-refractivity contribution < 1.29 is 28.6 Å². The lowest BCUT2D eigenvalue weighted by atomic mass is 10.1. The fraction of sp³-hybridized carbons (Fsp3) is 0.250. The van der Waals surface area contributed by atoms with Gasteiger partial charge < -0.3 is 19.5 Å². The van der Waals surface area contributed by atoms with Crippen molar-refractivity contribution in [3.05, 3.63) is 58.5 Å². The van der Waals surface area contributed by atoms with E-state index >= 15 is 0 Å². The zero-order valence-electron chi connectivity index (χ0n) is 18.9. The minimum absolute atomic E-state index is 0.0469. The molecule has 0 radical (unpaired) electrons. The maximum Gasteiger partial charge on any atom is 0.348 e. The van der Waals surface area contributed by atoms with Crippen molar-refractivity contribution in [2.75, 3.05) is 25.1 Å². The Labute approximate surface area is 206 Å². The molecule has 0 fully saturated rings. The topological polar surface area (TPSA) is 103 Å². The molecule has 0 unspecified atom stereocenters. The first-order valence-electron chi connectivity index (χ1n) is 10.5. The summed E-state index contributed by atoms with van der Waals surface area (Å²) in [7, 11) is 0. The average molecular weight is 501 g/mol. The van der Waals surface area contributed by atoms with Gasteiger partial charge in [0.25, 0.3) is 5.91 Å². The normalized spacial score (nSPS) is 10.4. The highest BCUT2D eigenvalue weighted by atomic mass is 32.1. The number of carbonyl (C=O) groups excluding carboxylic acids is 3. The number of nitrogens with one attached hydrogen (secondary N) is 2. The van der Waals surface area contributed by atoms with Crippen molar-refractivity contribution in [1.82, 2.24) is 5.32 Å². The largest absolute Gasteiger partial charge is 0.484 e. The van der Waals surface area contributed by atoms with Crippen molar-refractivity contribution in [2.45, 2.75) is 20.8 Å². The zero-order chi connectivity index (χ0) is 24.7. The van der Waals surface area contributed by atoms with E-state index in [1.165, 1.54) is 0 Å². The predicted molar refractivity (Wildman–Crippen MR) is 135 cm³/mol.